The molecule has 0 radical (unpaired) electrons. The molecule has 0 saturated heterocycles. The summed E-state index contributed by atoms with van der Waals surface area (Å²) in [6, 6.07) is 13.1. The number of carbonyl (C=O) groups excluding carboxylic acids is 1. The van der Waals surface area contributed by atoms with Gasteiger partial charge in [-0.2, -0.15) is 8.42 Å². The van der Waals surface area contributed by atoms with Gasteiger partial charge in [-0.15, -0.1) is 0 Å². The molecule has 2 aromatic carbocycles. The summed E-state index contributed by atoms with van der Waals surface area (Å²) >= 11 is 0. The van der Waals surface area contributed by atoms with Crippen molar-refractivity contribution < 1.29 is 22.1 Å². The van der Waals surface area contributed by atoms with Crippen LogP contribution in [0.4, 0.5) is 0 Å². The summed E-state index contributed by atoms with van der Waals surface area (Å²) in [5, 5.41) is 0.915. The van der Waals surface area contributed by atoms with Crippen molar-refractivity contribution in [3.05, 3.63) is 59.8 Å². The van der Waals surface area contributed by atoms with Crippen molar-refractivity contribution in [2.24, 2.45) is 0 Å². The molecule has 3 aromatic rings. The maximum Gasteiger partial charge on any atom is 0.311 e. The van der Waals surface area contributed by atoms with Crippen molar-refractivity contribution in [1.29, 1.82) is 0 Å². The Morgan fingerprint density at radius 3 is 2.57 bits per heavy atom. The quantitative estimate of drug-likeness (QED) is 0.292. The molecule has 1 heterocycles. The van der Waals surface area contributed by atoms with Gasteiger partial charge in [0.2, 0.25) is 0 Å². The van der Waals surface area contributed by atoms with Crippen LogP contribution in [-0.4, -0.2) is 25.2 Å². The fraction of sp³-hybridized carbons (Fsp3) is 0.348. The highest BCUT2D eigenvalue weighted by molar-refractivity contribution is 7.86. The Labute approximate surface area is 177 Å². The summed E-state index contributed by atoms with van der Waals surface area (Å²) < 4.78 is 35.2. The Hall–Kier alpha value is -2.80. The maximum absolute atomic E-state index is 11.8. The standard InChI is InChI=1S/C23H27NO5S/c1-5-6-23(25)28-22-10-7-18(13-16(22)2)17(3)15-24-12-11-19-14-20(8-9-21(19)24)29-30(4,26)27/h7-14,17H,5-6,15H2,1-4H3. The van der Waals surface area contributed by atoms with Gasteiger partial charge >= 0.3 is 16.1 Å². The van der Waals surface area contributed by atoms with E-state index < -0.39 is 10.1 Å². The molecule has 0 fully saturated rings. The van der Waals surface area contributed by atoms with Gasteiger partial charge in [0.15, 0.2) is 0 Å². The lowest BCUT2D eigenvalue weighted by molar-refractivity contribution is -0.134. The molecule has 0 spiro atoms. The number of carbonyl (C=O) groups is 1. The minimum atomic E-state index is -3.55. The Bertz CT molecular complexity index is 1160. The fourth-order valence-electron chi connectivity index (χ4n) is 3.44. The zero-order valence-electron chi connectivity index (χ0n) is 17.7. The van der Waals surface area contributed by atoms with Crippen LogP contribution in [0.2, 0.25) is 0 Å². The van der Waals surface area contributed by atoms with Crippen LogP contribution in [-0.2, 0) is 21.5 Å². The third-order valence-electron chi connectivity index (χ3n) is 4.91. The number of benzene rings is 2. The summed E-state index contributed by atoms with van der Waals surface area (Å²) in [6.45, 7) is 6.79. The number of rotatable bonds is 8. The van der Waals surface area contributed by atoms with Gasteiger partial charge in [-0.25, -0.2) is 0 Å². The van der Waals surface area contributed by atoms with Crippen molar-refractivity contribution >= 4 is 27.0 Å². The lowest BCUT2D eigenvalue weighted by Gasteiger charge is -2.16. The topological polar surface area (TPSA) is 74.6 Å². The van der Waals surface area contributed by atoms with E-state index in [1.165, 1.54) is 0 Å². The van der Waals surface area contributed by atoms with Gasteiger partial charge in [-0.05, 0) is 60.7 Å². The largest absolute Gasteiger partial charge is 0.426 e. The molecule has 30 heavy (non-hydrogen) atoms. The molecule has 160 valence electrons. The zero-order chi connectivity index (χ0) is 21.9. The second kappa shape index (κ2) is 8.92. The second-order valence-electron chi connectivity index (χ2n) is 7.63. The van der Waals surface area contributed by atoms with Crippen LogP contribution < -0.4 is 8.92 Å². The van der Waals surface area contributed by atoms with E-state index in [0.717, 1.165) is 41.3 Å². The van der Waals surface area contributed by atoms with Crippen LogP contribution in [0.15, 0.2) is 48.7 Å². The smallest absolute Gasteiger partial charge is 0.311 e. The second-order valence-corrected chi connectivity index (χ2v) is 9.20. The Balaban J connectivity index is 1.75. The third-order valence-corrected chi connectivity index (χ3v) is 5.40. The van der Waals surface area contributed by atoms with Gasteiger partial charge in [0, 0.05) is 30.1 Å². The number of fused-ring (bicyclic) bond motifs is 1. The molecule has 0 aliphatic rings. The number of ether oxygens (including phenoxy) is 1. The highest BCUT2D eigenvalue weighted by atomic mass is 32.2. The molecule has 1 atom stereocenters. The van der Waals surface area contributed by atoms with Crippen LogP contribution in [0, 0.1) is 6.92 Å². The number of esters is 1. The first-order chi connectivity index (χ1) is 14.2. The Morgan fingerprint density at radius 2 is 1.90 bits per heavy atom. The highest BCUT2D eigenvalue weighted by Crippen LogP contribution is 2.28. The van der Waals surface area contributed by atoms with E-state index >= 15 is 0 Å². The van der Waals surface area contributed by atoms with Crippen molar-refractivity contribution in [3.63, 3.8) is 0 Å². The lowest BCUT2D eigenvalue weighted by atomic mass is 9.98. The molecular weight excluding hydrogens is 402 g/mol. The van der Waals surface area contributed by atoms with E-state index in [2.05, 4.69) is 17.6 Å². The monoisotopic (exact) mass is 429 g/mol. The predicted octanol–water partition coefficient (Wildman–Crippen LogP) is 4.80. The number of hydrogen-bond acceptors (Lipinski definition) is 5. The summed E-state index contributed by atoms with van der Waals surface area (Å²) in [7, 11) is -3.55. The molecule has 0 saturated carbocycles. The molecule has 1 aromatic heterocycles. The van der Waals surface area contributed by atoms with E-state index in [1.54, 1.807) is 12.1 Å². The van der Waals surface area contributed by atoms with E-state index in [1.807, 2.05) is 44.3 Å². The summed E-state index contributed by atoms with van der Waals surface area (Å²) in [5.41, 5.74) is 3.09. The maximum atomic E-state index is 11.8. The van der Waals surface area contributed by atoms with E-state index in [4.69, 9.17) is 8.92 Å². The Morgan fingerprint density at radius 1 is 1.13 bits per heavy atom. The fourth-order valence-corrected chi connectivity index (χ4v) is 3.89. The number of nitrogens with zero attached hydrogens (tertiary/aromatic N) is 1. The molecule has 0 amide bonds. The minimum absolute atomic E-state index is 0.209. The van der Waals surface area contributed by atoms with Crippen molar-refractivity contribution in [2.75, 3.05) is 6.26 Å². The molecule has 6 nitrogen and oxygen atoms in total. The lowest BCUT2D eigenvalue weighted by Crippen LogP contribution is -2.09. The summed E-state index contributed by atoms with van der Waals surface area (Å²) in [5.74, 6) is 0.930. The normalized spacial score (nSPS) is 12.7. The third kappa shape index (κ3) is 5.42. The summed E-state index contributed by atoms with van der Waals surface area (Å²) in [6.07, 6.45) is 4.19. The van der Waals surface area contributed by atoms with Gasteiger partial charge in [-0.1, -0.05) is 26.0 Å². The van der Waals surface area contributed by atoms with Gasteiger partial charge in [0.1, 0.15) is 11.5 Å². The first-order valence-electron chi connectivity index (χ1n) is 9.96. The first kappa shape index (κ1) is 21.9. The van der Waals surface area contributed by atoms with Crippen LogP contribution in [0.1, 0.15) is 43.7 Å². The highest BCUT2D eigenvalue weighted by Gasteiger charge is 2.13. The number of aryl methyl sites for hydroxylation is 1. The minimum Gasteiger partial charge on any atom is -0.426 e. The molecule has 3 rings (SSSR count). The van der Waals surface area contributed by atoms with E-state index in [-0.39, 0.29) is 11.9 Å². The van der Waals surface area contributed by atoms with Crippen LogP contribution >= 0.6 is 0 Å². The average Bonchev–Trinajstić information content (AvgIpc) is 3.04. The van der Waals surface area contributed by atoms with Crippen LogP contribution in [0.25, 0.3) is 10.9 Å². The van der Waals surface area contributed by atoms with Crippen LogP contribution in [0.3, 0.4) is 0 Å². The molecule has 0 aliphatic carbocycles. The molecule has 7 heteroatoms. The first-order valence-corrected chi connectivity index (χ1v) is 11.8. The van der Waals surface area contributed by atoms with Gasteiger partial charge in [0.25, 0.3) is 0 Å². The van der Waals surface area contributed by atoms with Crippen molar-refractivity contribution in [2.45, 2.75) is 46.1 Å². The number of aromatic nitrogens is 1. The van der Waals surface area contributed by atoms with Crippen molar-refractivity contribution in [1.82, 2.24) is 4.57 Å². The van der Waals surface area contributed by atoms with Crippen molar-refractivity contribution in [3.8, 4) is 11.5 Å². The zero-order valence-corrected chi connectivity index (χ0v) is 18.5. The van der Waals surface area contributed by atoms with E-state index in [0.29, 0.717) is 17.9 Å². The SMILES string of the molecule is CCCC(=O)Oc1ccc(C(C)Cn2ccc3cc(OS(C)(=O)=O)ccc32)cc1C. The van der Waals surface area contributed by atoms with Gasteiger partial charge in [0.05, 0.1) is 6.26 Å². The molecule has 0 N–H and O–H groups in total. The van der Waals surface area contributed by atoms with Gasteiger partial charge in [-0.3, -0.25) is 4.79 Å². The average molecular weight is 430 g/mol. The predicted molar refractivity (Wildman–Crippen MR) is 118 cm³/mol. The number of hydrogen-bond donors (Lipinski definition) is 0. The summed E-state index contributed by atoms with van der Waals surface area (Å²) in [4.78, 5) is 11.8. The molecule has 1 unspecified atom stereocenters. The van der Waals surface area contributed by atoms with Gasteiger partial charge < -0.3 is 13.5 Å². The molecular formula is C23H27NO5S. The van der Waals surface area contributed by atoms with E-state index in [9.17, 15) is 13.2 Å². The Kier molecular flexibility index (Phi) is 6.51. The molecule has 0 bridgehead atoms. The van der Waals surface area contributed by atoms with Crippen LogP contribution in [0.5, 0.6) is 11.5 Å². The molecule has 0 aliphatic heterocycles.